The fourth-order valence-corrected chi connectivity index (χ4v) is 2.96. The van der Waals surface area contributed by atoms with Gasteiger partial charge in [0.25, 0.3) is 0 Å². The van der Waals surface area contributed by atoms with Gasteiger partial charge in [-0.3, -0.25) is 4.79 Å². The molecule has 5 heteroatoms. The molecule has 0 spiro atoms. The molecule has 1 aromatic carbocycles. The van der Waals surface area contributed by atoms with Gasteiger partial charge in [0, 0.05) is 11.6 Å². The van der Waals surface area contributed by atoms with E-state index in [-0.39, 0.29) is 6.42 Å². The fraction of sp³-hybridized carbons (Fsp3) is 0.400. The molecule has 0 amide bonds. The molecule has 20 heavy (non-hydrogen) atoms. The minimum Gasteiger partial charge on any atom is -0.481 e. The smallest absolute Gasteiger partial charge is 0.305 e. The van der Waals surface area contributed by atoms with E-state index in [1.54, 1.807) is 6.20 Å². The summed E-state index contributed by atoms with van der Waals surface area (Å²) in [5, 5.41) is 13.4. The number of benzene rings is 1. The molecule has 0 atom stereocenters. The molecule has 3 rings (SSSR count). The maximum Gasteiger partial charge on any atom is 0.305 e. The highest BCUT2D eigenvalue weighted by Crippen LogP contribution is 2.35. The summed E-state index contributed by atoms with van der Waals surface area (Å²) < 4.78 is 0. The van der Waals surface area contributed by atoms with Crippen LogP contribution >= 0.6 is 0 Å². The van der Waals surface area contributed by atoms with E-state index in [0.29, 0.717) is 5.95 Å². The molecule has 2 N–H and O–H groups in total. The summed E-state index contributed by atoms with van der Waals surface area (Å²) in [5.41, 5.74) is 0.474. The molecule has 104 valence electrons. The van der Waals surface area contributed by atoms with E-state index in [4.69, 9.17) is 5.11 Å². The first-order valence-electron chi connectivity index (χ1n) is 6.89. The second-order valence-electron chi connectivity index (χ2n) is 5.44. The normalized spacial score (nSPS) is 17.2. The van der Waals surface area contributed by atoms with Crippen LogP contribution in [0.1, 0.15) is 32.1 Å². The van der Waals surface area contributed by atoms with Gasteiger partial charge in [-0.15, -0.1) is 0 Å². The molecule has 1 aliphatic carbocycles. The van der Waals surface area contributed by atoms with Gasteiger partial charge in [-0.25, -0.2) is 9.97 Å². The monoisotopic (exact) mass is 271 g/mol. The van der Waals surface area contributed by atoms with Gasteiger partial charge in [-0.05, 0) is 18.9 Å². The van der Waals surface area contributed by atoms with Gasteiger partial charge in [0.2, 0.25) is 5.95 Å². The summed E-state index contributed by atoms with van der Waals surface area (Å²) in [7, 11) is 0. The number of nitrogens with zero attached hydrogens (tertiary/aromatic N) is 2. The number of fused-ring (bicyclic) bond motifs is 1. The standard InChI is InChI=1S/C15H17N3O2/c19-13(20)9-15(7-3-4-8-15)18-14-16-10-11-5-1-2-6-12(11)17-14/h1-2,5-6,10H,3-4,7-9H2,(H,19,20)(H,16,17,18). The zero-order valence-electron chi connectivity index (χ0n) is 11.2. The van der Waals surface area contributed by atoms with Crippen LogP contribution < -0.4 is 5.32 Å². The molecule has 0 radical (unpaired) electrons. The Kier molecular flexibility index (Phi) is 3.26. The molecular weight excluding hydrogens is 254 g/mol. The zero-order chi connectivity index (χ0) is 14.0. The van der Waals surface area contributed by atoms with Crippen LogP contribution in [0.2, 0.25) is 0 Å². The van der Waals surface area contributed by atoms with Crippen molar-refractivity contribution in [1.29, 1.82) is 0 Å². The van der Waals surface area contributed by atoms with Gasteiger partial charge >= 0.3 is 5.97 Å². The molecule has 1 fully saturated rings. The van der Waals surface area contributed by atoms with E-state index in [0.717, 1.165) is 36.6 Å². The van der Waals surface area contributed by atoms with Crippen molar-refractivity contribution in [2.24, 2.45) is 0 Å². The number of carboxylic acids is 1. The van der Waals surface area contributed by atoms with E-state index >= 15 is 0 Å². The summed E-state index contributed by atoms with van der Waals surface area (Å²) in [5.74, 6) is -0.257. The van der Waals surface area contributed by atoms with Crippen LogP contribution in [0.4, 0.5) is 5.95 Å². The molecule has 5 nitrogen and oxygen atoms in total. The number of hydrogen-bond donors (Lipinski definition) is 2. The Morgan fingerprint density at radius 1 is 1.30 bits per heavy atom. The maximum atomic E-state index is 11.1. The van der Waals surface area contributed by atoms with Crippen LogP contribution in [-0.4, -0.2) is 26.6 Å². The zero-order valence-corrected chi connectivity index (χ0v) is 11.2. The van der Waals surface area contributed by atoms with Crippen molar-refractivity contribution in [2.75, 3.05) is 5.32 Å². The SMILES string of the molecule is O=C(O)CC1(Nc2ncc3ccccc3n2)CCCC1. The Bertz CT molecular complexity index is 636. The van der Waals surface area contributed by atoms with E-state index < -0.39 is 11.5 Å². The van der Waals surface area contributed by atoms with E-state index in [9.17, 15) is 4.79 Å². The van der Waals surface area contributed by atoms with E-state index in [2.05, 4.69) is 15.3 Å². The topological polar surface area (TPSA) is 75.1 Å². The first kappa shape index (κ1) is 12.8. The number of nitrogens with one attached hydrogen (secondary N) is 1. The summed E-state index contributed by atoms with van der Waals surface area (Å²) in [6.07, 6.45) is 5.70. The molecule has 1 aromatic heterocycles. The minimum absolute atomic E-state index is 0.114. The number of carboxylic acid groups (broad SMARTS) is 1. The molecule has 0 aliphatic heterocycles. The first-order valence-corrected chi connectivity index (χ1v) is 6.89. The number of aliphatic carboxylic acids is 1. The Hall–Kier alpha value is -2.17. The Morgan fingerprint density at radius 3 is 2.80 bits per heavy atom. The van der Waals surface area contributed by atoms with Crippen LogP contribution in [0.25, 0.3) is 10.9 Å². The summed E-state index contributed by atoms with van der Waals surface area (Å²) in [4.78, 5) is 19.9. The van der Waals surface area contributed by atoms with E-state index in [1.807, 2.05) is 24.3 Å². The first-order chi connectivity index (χ1) is 9.67. The summed E-state index contributed by atoms with van der Waals surface area (Å²) >= 11 is 0. The molecule has 1 heterocycles. The highest BCUT2D eigenvalue weighted by Gasteiger charge is 2.36. The van der Waals surface area contributed by atoms with Gasteiger partial charge in [0.05, 0.1) is 17.5 Å². The largest absolute Gasteiger partial charge is 0.481 e. The number of anilines is 1. The van der Waals surface area contributed by atoms with Gasteiger partial charge in [0.1, 0.15) is 0 Å². The number of carbonyl (C=O) groups is 1. The van der Waals surface area contributed by atoms with Crippen molar-refractivity contribution in [3.63, 3.8) is 0 Å². The number of hydrogen-bond acceptors (Lipinski definition) is 4. The van der Waals surface area contributed by atoms with Gasteiger partial charge in [-0.2, -0.15) is 0 Å². The fourth-order valence-electron chi connectivity index (χ4n) is 2.96. The second-order valence-corrected chi connectivity index (χ2v) is 5.44. The van der Waals surface area contributed by atoms with Crippen molar-refractivity contribution < 1.29 is 9.90 Å². The third-order valence-electron chi connectivity index (χ3n) is 3.92. The predicted octanol–water partition coefficient (Wildman–Crippen LogP) is 2.83. The molecule has 0 saturated heterocycles. The summed E-state index contributed by atoms with van der Waals surface area (Å²) in [6, 6.07) is 7.77. The van der Waals surface area contributed by atoms with Gasteiger partial charge < -0.3 is 10.4 Å². The average Bonchev–Trinajstić information content (AvgIpc) is 2.86. The summed E-state index contributed by atoms with van der Waals surface area (Å²) in [6.45, 7) is 0. The third kappa shape index (κ3) is 2.57. The van der Waals surface area contributed by atoms with Crippen molar-refractivity contribution >= 4 is 22.8 Å². The van der Waals surface area contributed by atoms with Crippen molar-refractivity contribution in [2.45, 2.75) is 37.6 Å². The molecule has 0 unspecified atom stereocenters. The Morgan fingerprint density at radius 2 is 2.05 bits per heavy atom. The van der Waals surface area contributed by atoms with Gasteiger partial charge in [-0.1, -0.05) is 31.0 Å². The van der Waals surface area contributed by atoms with Crippen molar-refractivity contribution in [3.8, 4) is 0 Å². The van der Waals surface area contributed by atoms with Crippen LogP contribution in [0, 0.1) is 0 Å². The maximum absolute atomic E-state index is 11.1. The molecule has 1 saturated carbocycles. The van der Waals surface area contributed by atoms with Crippen LogP contribution in [0.3, 0.4) is 0 Å². The molecular formula is C15H17N3O2. The van der Waals surface area contributed by atoms with Crippen LogP contribution in [0.15, 0.2) is 30.5 Å². The lowest BCUT2D eigenvalue weighted by Crippen LogP contribution is -2.38. The number of aromatic nitrogens is 2. The highest BCUT2D eigenvalue weighted by atomic mass is 16.4. The minimum atomic E-state index is -0.778. The van der Waals surface area contributed by atoms with Crippen molar-refractivity contribution in [3.05, 3.63) is 30.5 Å². The Labute approximate surface area is 117 Å². The highest BCUT2D eigenvalue weighted by molar-refractivity contribution is 5.78. The molecule has 1 aliphatic rings. The third-order valence-corrected chi connectivity index (χ3v) is 3.92. The Balaban J connectivity index is 1.88. The lowest BCUT2D eigenvalue weighted by atomic mass is 9.93. The van der Waals surface area contributed by atoms with Crippen LogP contribution in [-0.2, 0) is 4.79 Å². The molecule has 2 aromatic rings. The molecule has 0 bridgehead atoms. The number of para-hydroxylation sites is 1. The van der Waals surface area contributed by atoms with Gasteiger partial charge in [0.15, 0.2) is 0 Å². The van der Waals surface area contributed by atoms with E-state index in [1.165, 1.54) is 0 Å². The average molecular weight is 271 g/mol. The predicted molar refractivity (Wildman–Crippen MR) is 76.6 cm³/mol. The van der Waals surface area contributed by atoms with Crippen molar-refractivity contribution in [1.82, 2.24) is 9.97 Å². The van der Waals surface area contributed by atoms with Crippen LogP contribution in [0.5, 0.6) is 0 Å². The number of rotatable bonds is 4. The lowest BCUT2D eigenvalue weighted by Gasteiger charge is -2.28. The second kappa shape index (κ2) is 5.07. The quantitative estimate of drug-likeness (QED) is 0.894. The lowest BCUT2D eigenvalue weighted by molar-refractivity contribution is -0.138.